The van der Waals surface area contributed by atoms with Crippen LogP contribution in [0.15, 0.2) is 77.8 Å². The number of nitrogens with one attached hydrogen (secondary N) is 2. The SMILES string of the molecule is COc1cc(Nc2cc(Oc3ccc(NC(N)=O)c4ccccc34)ccn2)ccc1S(C)(=O)=O. The van der Waals surface area contributed by atoms with Gasteiger partial charge in [0.15, 0.2) is 9.84 Å². The van der Waals surface area contributed by atoms with Crippen LogP contribution in [0, 0.1) is 0 Å². The third-order valence-electron chi connectivity index (χ3n) is 4.94. The number of methoxy groups -OCH3 is 1. The summed E-state index contributed by atoms with van der Waals surface area (Å²) in [5.74, 6) is 1.83. The molecule has 0 atom stereocenters. The number of aromatic nitrogens is 1. The molecule has 174 valence electrons. The predicted molar refractivity (Wildman–Crippen MR) is 131 cm³/mol. The number of rotatable bonds is 7. The maximum atomic E-state index is 11.9. The van der Waals surface area contributed by atoms with Crippen molar-refractivity contribution < 1.29 is 22.7 Å². The summed E-state index contributed by atoms with van der Waals surface area (Å²) in [6.45, 7) is 0. The number of fused-ring (bicyclic) bond motifs is 1. The molecule has 4 N–H and O–H groups in total. The Labute approximate surface area is 196 Å². The smallest absolute Gasteiger partial charge is 0.316 e. The van der Waals surface area contributed by atoms with Crippen molar-refractivity contribution in [2.45, 2.75) is 4.90 Å². The zero-order valence-corrected chi connectivity index (χ0v) is 19.2. The molecule has 1 heterocycles. The minimum absolute atomic E-state index is 0.103. The highest BCUT2D eigenvalue weighted by molar-refractivity contribution is 7.90. The second-order valence-corrected chi connectivity index (χ2v) is 9.37. The molecule has 1 aromatic heterocycles. The Bertz CT molecular complexity index is 1490. The van der Waals surface area contributed by atoms with E-state index in [0.717, 1.165) is 17.0 Å². The molecular formula is C24H22N4O5S. The van der Waals surface area contributed by atoms with Crippen molar-refractivity contribution in [1.82, 2.24) is 4.98 Å². The van der Waals surface area contributed by atoms with Crippen molar-refractivity contribution in [2.75, 3.05) is 24.0 Å². The molecule has 10 heteroatoms. The Hall–Kier alpha value is -4.31. The maximum Gasteiger partial charge on any atom is 0.316 e. The first-order valence-corrected chi connectivity index (χ1v) is 12.0. The number of hydrogen-bond donors (Lipinski definition) is 3. The van der Waals surface area contributed by atoms with Crippen molar-refractivity contribution in [2.24, 2.45) is 5.73 Å². The number of carbonyl (C=O) groups is 1. The number of ether oxygens (including phenoxy) is 2. The number of anilines is 3. The van der Waals surface area contributed by atoms with Crippen LogP contribution in [0.3, 0.4) is 0 Å². The van der Waals surface area contributed by atoms with Crippen LogP contribution in [0.5, 0.6) is 17.2 Å². The van der Waals surface area contributed by atoms with Crippen molar-refractivity contribution in [3.8, 4) is 17.2 Å². The summed E-state index contributed by atoms with van der Waals surface area (Å²) in [5, 5.41) is 7.31. The molecule has 0 saturated carbocycles. The van der Waals surface area contributed by atoms with Gasteiger partial charge in [-0.15, -0.1) is 0 Å². The summed E-state index contributed by atoms with van der Waals surface area (Å²) in [6.07, 6.45) is 2.71. The lowest BCUT2D eigenvalue weighted by Gasteiger charge is -2.14. The molecule has 9 nitrogen and oxygen atoms in total. The average molecular weight is 479 g/mol. The Kier molecular flexibility index (Phi) is 6.24. The van der Waals surface area contributed by atoms with Crippen LogP contribution in [0.2, 0.25) is 0 Å². The van der Waals surface area contributed by atoms with Gasteiger partial charge in [-0.1, -0.05) is 24.3 Å². The van der Waals surface area contributed by atoms with E-state index in [9.17, 15) is 13.2 Å². The summed E-state index contributed by atoms with van der Waals surface area (Å²) in [6, 6.07) is 18.4. The van der Waals surface area contributed by atoms with Crippen molar-refractivity contribution in [1.29, 1.82) is 0 Å². The maximum absolute atomic E-state index is 11.9. The molecule has 0 fully saturated rings. The van der Waals surface area contributed by atoms with Crippen LogP contribution in [0.1, 0.15) is 0 Å². The largest absolute Gasteiger partial charge is 0.495 e. The predicted octanol–water partition coefficient (Wildman–Crippen LogP) is 4.67. The Morgan fingerprint density at radius 2 is 1.74 bits per heavy atom. The monoisotopic (exact) mass is 478 g/mol. The van der Waals surface area contributed by atoms with E-state index >= 15 is 0 Å². The number of amides is 2. The first kappa shape index (κ1) is 22.9. The summed E-state index contributed by atoms with van der Waals surface area (Å²) >= 11 is 0. The Morgan fingerprint density at radius 3 is 2.44 bits per heavy atom. The summed E-state index contributed by atoms with van der Waals surface area (Å²) in [4.78, 5) is 15.7. The third kappa shape index (κ3) is 5.02. The van der Waals surface area contributed by atoms with E-state index < -0.39 is 15.9 Å². The van der Waals surface area contributed by atoms with E-state index in [4.69, 9.17) is 15.2 Å². The highest BCUT2D eigenvalue weighted by Gasteiger charge is 2.15. The van der Waals surface area contributed by atoms with E-state index in [0.29, 0.717) is 28.7 Å². The van der Waals surface area contributed by atoms with Gasteiger partial charge >= 0.3 is 6.03 Å². The summed E-state index contributed by atoms with van der Waals surface area (Å²) in [7, 11) is -2.01. The van der Waals surface area contributed by atoms with Crippen molar-refractivity contribution in [3.05, 3.63) is 72.9 Å². The number of benzene rings is 3. The van der Waals surface area contributed by atoms with Crippen LogP contribution in [0.4, 0.5) is 22.0 Å². The molecule has 0 aliphatic carbocycles. The van der Waals surface area contributed by atoms with E-state index in [2.05, 4.69) is 15.6 Å². The highest BCUT2D eigenvalue weighted by atomic mass is 32.2. The second-order valence-electron chi connectivity index (χ2n) is 7.39. The zero-order chi connectivity index (χ0) is 24.3. The molecule has 0 aliphatic rings. The molecule has 2 amide bonds. The van der Waals surface area contributed by atoms with Crippen LogP contribution in [-0.4, -0.2) is 32.8 Å². The average Bonchev–Trinajstić information content (AvgIpc) is 2.80. The fourth-order valence-corrected chi connectivity index (χ4v) is 4.29. The fourth-order valence-electron chi connectivity index (χ4n) is 3.47. The van der Waals surface area contributed by atoms with E-state index in [1.165, 1.54) is 13.2 Å². The van der Waals surface area contributed by atoms with Gasteiger partial charge in [-0.3, -0.25) is 0 Å². The van der Waals surface area contributed by atoms with Gasteiger partial charge in [0, 0.05) is 41.0 Å². The van der Waals surface area contributed by atoms with Gasteiger partial charge in [0.05, 0.1) is 12.8 Å². The van der Waals surface area contributed by atoms with Gasteiger partial charge < -0.3 is 25.8 Å². The molecule has 0 saturated heterocycles. The number of pyridine rings is 1. The number of carbonyl (C=O) groups excluding carboxylic acids is 1. The first-order valence-electron chi connectivity index (χ1n) is 10.1. The Balaban J connectivity index is 1.61. The van der Waals surface area contributed by atoms with Crippen LogP contribution in [-0.2, 0) is 9.84 Å². The molecule has 34 heavy (non-hydrogen) atoms. The quantitative estimate of drug-likeness (QED) is 0.351. The molecule has 4 aromatic rings. The standard InChI is InChI=1S/C24H22N4O5S/c1-32-21-13-15(7-10-22(21)34(2,30)31)27-23-14-16(11-12-26-23)33-20-9-8-19(28-24(25)29)17-5-3-4-6-18(17)20/h3-14H,1-2H3,(H,26,27)(H3,25,28,29). The lowest BCUT2D eigenvalue weighted by atomic mass is 10.1. The number of urea groups is 1. The number of hydrogen-bond acceptors (Lipinski definition) is 7. The lowest BCUT2D eigenvalue weighted by molar-refractivity contribution is 0.259. The highest BCUT2D eigenvalue weighted by Crippen LogP contribution is 2.35. The second kappa shape index (κ2) is 9.28. The molecule has 3 aromatic carbocycles. The van der Waals surface area contributed by atoms with Gasteiger partial charge in [-0.05, 0) is 30.3 Å². The first-order chi connectivity index (χ1) is 16.2. The van der Waals surface area contributed by atoms with Crippen molar-refractivity contribution in [3.63, 3.8) is 0 Å². The van der Waals surface area contributed by atoms with E-state index in [1.807, 2.05) is 24.3 Å². The molecule has 0 bridgehead atoms. The molecule has 0 aliphatic heterocycles. The number of nitrogens with zero attached hydrogens (tertiary/aromatic N) is 1. The topological polar surface area (TPSA) is 133 Å². The molecular weight excluding hydrogens is 456 g/mol. The third-order valence-corrected chi connectivity index (χ3v) is 6.07. The van der Waals surface area contributed by atoms with Crippen molar-refractivity contribution >= 4 is 43.8 Å². The van der Waals surface area contributed by atoms with E-state index in [1.54, 1.807) is 42.6 Å². The summed E-state index contributed by atoms with van der Waals surface area (Å²) in [5.41, 5.74) is 6.45. The minimum atomic E-state index is -3.42. The van der Waals surface area contributed by atoms with Gasteiger partial charge in [0.1, 0.15) is 28.0 Å². The van der Waals surface area contributed by atoms with Gasteiger partial charge in [-0.25, -0.2) is 18.2 Å². The van der Waals surface area contributed by atoms with E-state index in [-0.39, 0.29) is 10.6 Å². The van der Waals surface area contributed by atoms with Gasteiger partial charge in [0.25, 0.3) is 0 Å². The minimum Gasteiger partial charge on any atom is -0.495 e. The number of primary amides is 1. The van der Waals surface area contributed by atoms with Gasteiger partial charge in [0.2, 0.25) is 0 Å². The molecule has 0 unspecified atom stereocenters. The van der Waals surface area contributed by atoms with Crippen LogP contribution >= 0.6 is 0 Å². The number of sulfone groups is 1. The summed E-state index contributed by atoms with van der Waals surface area (Å²) < 4.78 is 35.2. The number of nitrogens with two attached hydrogens (primary N) is 1. The van der Waals surface area contributed by atoms with Crippen LogP contribution < -0.4 is 25.8 Å². The molecule has 0 spiro atoms. The molecule has 0 radical (unpaired) electrons. The fraction of sp³-hybridized carbons (Fsp3) is 0.0833. The zero-order valence-electron chi connectivity index (χ0n) is 18.4. The Morgan fingerprint density at radius 1 is 0.971 bits per heavy atom. The molecule has 4 rings (SSSR count). The lowest BCUT2D eigenvalue weighted by Crippen LogP contribution is -2.19. The van der Waals surface area contributed by atoms with Crippen LogP contribution in [0.25, 0.3) is 10.8 Å². The van der Waals surface area contributed by atoms with Gasteiger partial charge in [-0.2, -0.15) is 0 Å². The normalized spacial score (nSPS) is 11.1.